The summed E-state index contributed by atoms with van der Waals surface area (Å²) in [5, 5.41) is 7.27. The Labute approximate surface area is 87.9 Å². The molecule has 0 saturated heterocycles. The highest BCUT2D eigenvalue weighted by Gasteiger charge is 2.04. The number of benzene rings is 1. The van der Waals surface area contributed by atoms with Crippen molar-refractivity contribution in [1.82, 2.24) is 9.55 Å². The second-order valence-electron chi connectivity index (χ2n) is 3.29. The number of nitrogens with two attached hydrogens (primary N) is 1. The van der Waals surface area contributed by atoms with Crippen molar-refractivity contribution < 1.29 is 0 Å². The van der Waals surface area contributed by atoms with Gasteiger partial charge >= 0.3 is 0 Å². The average Bonchev–Trinajstić information content (AvgIpc) is 2.66. The van der Waals surface area contributed by atoms with Gasteiger partial charge in [-0.1, -0.05) is 18.2 Å². The molecule has 2 rings (SSSR count). The molecule has 3 N–H and O–H groups in total. The van der Waals surface area contributed by atoms with Crippen LogP contribution in [0.1, 0.15) is 5.69 Å². The van der Waals surface area contributed by atoms with Crippen molar-refractivity contribution in [3.63, 3.8) is 0 Å². The third-order valence-electron chi connectivity index (χ3n) is 2.12. The van der Waals surface area contributed by atoms with E-state index >= 15 is 0 Å². The Bertz CT molecular complexity index is 458. The van der Waals surface area contributed by atoms with E-state index in [-0.39, 0.29) is 5.84 Å². The van der Waals surface area contributed by atoms with Crippen molar-refractivity contribution in [2.45, 2.75) is 6.42 Å². The minimum Gasteiger partial charge on any atom is -0.387 e. The summed E-state index contributed by atoms with van der Waals surface area (Å²) < 4.78 is 1.93. The Kier molecular flexibility index (Phi) is 2.49. The molecule has 1 aromatic carbocycles. The molecule has 0 saturated carbocycles. The topological polar surface area (TPSA) is 67.7 Å². The molecule has 1 heterocycles. The number of hydrogen-bond donors (Lipinski definition) is 2. The molecule has 76 valence electrons. The summed E-state index contributed by atoms with van der Waals surface area (Å²) in [5.74, 6) is 0.146. The van der Waals surface area contributed by atoms with Crippen LogP contribution in [0.2, 0.25) is 0 Å². The molecule has 4 heteroatoms. The van der Waals surface area contributed by atoms with Crippen LogP contribution in [0.5, 0.6) is 0 Å². The number of amidine groups is 1. The first-order valence-electron chi connectivity index (χ1n) is 4.67. The van der Waals surface area contributed by atoms with Crippen LogP contribution < -0.4 is 5.73 Å². The van der Waals surface area contributed by atoms with Crippen LogP contribution in [0.3, 0.4) is 0 Å². The van der Waals surface area contributed by atoms with Crippen molar-refractivity contribution >= 4 is 5.84 Å². The van der Waals surface area contributed by atoms with Gasteiger partial charge in [-0.2, -0.15) is 0 Å². The maximum Gasteiger partial charge on any atom is 0.0994 e. The molecular weight excluding hydrogens is 188 g/mol. The number of hydrogen-bond acceptors (Lipinski definition) is 2. The second kappa shape index (κ2) is 3.96. The van der Waals surface area contributed by atoms with Crippen molar-refractivity contribution in [1.29, 1.82) is 5.41 Å². The maximum absolute atomic E-state index is 7.27. The van der Waals surface area contributed by atoms with Crippen LogP contribution >= 0.6 is 0 Å². The van der Waals surface area contributed by atoms with E-state index in [1.807, 2.05) is 34.9 Å². The molecule has 0 amide bonds. The lowest BCUT2D eigenvalue weighted by molar-refractivity contribution is 0.975. The van der Waals surface area contributed by atoms with E-state index in [1.54, 1.807) is 12.5 Å². The zero-order chi connectivity index (χ0) is 10.7. The fourth-order valence-electron chi connectivity index (χ4n) is 1.47. The van der Waals surface area contributed by atoms with Gasteiger partial charge in [0, 0.05) is 24.0 Å². The Morgan fingerprint density at radius 3 is 2.73 bits per heavy atom. The molecule has 4 nitrogen and oxygen atoms in total. The van der Waals surface area contributed by atoms with Crippen molar-refractivity contribution in [2.75, 3.05) is 0 Å². The molecule has 0 unspecified atom stereocenters. The summed E-state index contributed by atoms with van der Waals surface area (Å²) in [6, 6.07) is 9.88. The van der Waals surface area contributed by atoms with E-state index < -0.39 is 0 Å². The van der Waals surface area contributed by atoms with Crippen LogP contribution in [-0.2, 0) is 6.42 Å². The molecule has 0 atom stereocenters. The van der Waals surface area contributed by atoms with Crippen LogP contribution in [0, 0.1) is 5.41 Å². The first kappa shape index (κ1) is 9.45. The molecule has 0 aliphatic heterocycles. The van der Waals surface area contributed by atoms with Gasteiger partial charge in [0.15, 0.2) is 0 Å². The van der Waals surface area contributed by atoms with Gasteiger partial charge in [-0.3, -0.25) is 5.41 Å². The number of rotatable bonds is 3. The number of nitrogens with zero attached hydrogens (tertiary/aromatic N) is 2. The number of imidazole rings is 1. The third kappa shape index (κ3) is 2.04. The second-order valence-corrected chi connectivity index (χ2v) is 3.29. The summed E-state index contributed by atoms with van der Waals surface area (Å²) >= 11 is 0. The Hall–Kier alpha value is -2.10. The fraction of sp³-hybridized carbons (Fsp3) is 0.0909. The predicted octanol–water partition coefficient (Wildman–Crippen LogP) is 1.35. The van der Waals surface area contributed by atoms with Gasteiger partial charge in [-0.15, -0.1) is 0 Å². The lowest BCUT2D eigenvalue weighted by atomic mass is 10.2. The summed E-state index contributed by atoms with van der Waals surface area (Å²) in [6.07, 6.45) is 3.89. The summed E-state index contributed by atoms with van der Waals surface area (Å²) in [7, 11) is 0. The number of aromatic nitrogens is 2. The molecular formula is C11H12N4. The first-order valence-corrected chi connectivity index (χ1v) is 4.67. The molecule has 0 radical (unpaired) electrons. The minimum atomic E-state index is 0.146. The summed E-state index contributed by atoms with van der Waals surface area (Å²) in [4.78, 5) is 4.06. The maximum atomic E-state index is 7.27. The predicted molar refractivity (Wildman–Crippen MR) is 59.2 cm³/mol. The molecule has 1 aromatic heterocycles. The molecule has 0 spiro atoms. The molecule has 0 fully saturated rings. The van der Waals surface area contributed by atoms with Crippen molar-refractivity contribution in [3.8, 4) is 5.69 Å². The van der Waals surface area contributed by atoms with Gasteiger partial charge in [-0.25, -0.2) is 4.98 Å². The zero-order valence-corrected chi connectivity index (χ0v) is 8.22. The fourth-order valence-corrected chi connectivity index (χ4v) is 1.47. The van der Waals surface area contributed by atoms with E-state index in [2.05, 4.69) is 4.98 Å². The number of nitrogens with one attached hydrogen (secondary N) is 1. The normalized spacial score (nSPS) is 10.1. The van der Waals surface area contributed by atoms with Crippen LogP contribution in [-0.4, -0.2) is 15.4 Å². The quantitative estimate of drug-likeness (QED) is 0.580. The largest absolute Gasteiger partial charge is 0.387 e. The lowest BCUT2D eigenvalue weighted by Gasteiger charge is -2.06. The van der Waals surface area contributed by atoms with Crippen LogP contribution in [0.25, 0.3) is 5.69 Å². The minimum absolute atomic E-state index is 0.146. The highest BCUT2D eigenvalue weighted by molar-refractivity contribution is 5.79. The van der Waals surface area contributed by atoms with Crippen LogP contribution in [0.15, 0.2) is 42.9 Å². The van der Waals surface area contributed by atoms with Crippen molar-refractivity contribution in [3.05, 3.63) is 48.5 Å². The molecule has 0 bridgehead atoms. The highest BCUT2D eigenvalue weighted by Crippen LogP contribution is 2.10. The summed E-state index contributed by atoms with van der Waals surface area (Å²) in [5.41, 5.74) is 7.33. The molecule has 0 aliphatic rings. The standard InChI is InChI=1S/C11H12N4/c12-11(13)6-10-7-14-8-15(10)9-4-2-1-3-5-9/h1-5,7-8H,6H2,(H3,12,13). The van der Waals surface area contributed by atoms with E-state index in [9.17, 15) is 0 Å². The van der Waals surface area contributed by atoms with Crippen molar-refractivity contribution in [2.24, 2.45) is 5.73 Å². The average molecular weight is 200 g/mol. The monoisotopic (exact) mass is 200 g/mol. The SMILES string of the molecule is N=C(N)Cc1cncn1-c1ccccc1. The van der Waals surface area contributed by atoms with E-state index in [4.69, 9.17) is 11.1 Å². The number of para-hydroxylation sites is 1. The smallest absolute Gasteiger partial charge is 0.0994 e. The first-order chi connectivity index (χ1) is 7.27. The van der Waals surface area contributed by atoms with Crippen LogP contribution in [0.4, 0.5) is 0 Å². The van der Waals surface area contributed by atoms with E-state index in [1.165, 1.54) is 0 Å². The molecule has 15 heavy (non-hydrogen) atoms. The Morgan fingerprint density at radius 1 is 1.33 bits per heavy atom. The van der Waals surface area contributed by atoms with Gasteiger partial charge in [0.2, 0.25) is 0 Å². The van der Waals surface area contributed by atoms with Gasteiger partial charge in [0.05, 0.1) is 12.2 Å². The molecule has 2 aromatic rings. The van der Waals surface area contributed by atoms with Gasteiger partial charge < -0.3 is 10.3 Å². The third-order valence-corrected chi connectivity index (χ3v) is 2.12. The van der Waals surface area contributed by atoms with E-state index in [0.717, 1.165) is 11.4 Å². The van der Waals surface area contributed by atoms with E-state index in [0.29, 0.717) is 6.42 Å². The van der Waals surface area contributed by atoms with Gasteiger partial charge in [0.1, 0.15) is 0 Å². The molecule has 0 aliphatic carbocycles. The summed E-state index contributed by atoms with van der Waals surface area (Å²) in [6.45, 7) is 0. The lowest BCUT2D eigenvalue weighted by Crippen LogP contribution is -2.15. The van der Waals surface area contributed by atoms with Gasteiger partial charge in [0.25, 0.3) is 0 Å². The van der Waals surface area contributed by atoms with Gasteiger partial charge in [-0.05, 0) is 12.1 Å². The zero-order valence-electron chi connectivity index (χ0n) is 8.22. The Balaban J connectivity index is 2.37. The highest BCUT2D eigenvalue weighted by atomic mass is 15.1. The Morgan fingerprint density at radius 2 is 2.07 bits per heavy atom.